The van der Waals surface area contributed by atoms with E-state index in [2.05, 4.69) is 67.0 Å². The first-order valence-corrected chi connectivity index (χ1v) is 44.8. The second kappa shape index (κ2) is 35.8. The second-order valence-electron chi connectivity index (χ2n) is 33.3. The predicted molar refractivity (Wildman–Crippen MR) is 441 cm³/mol. The lowest BCUT2D eigenvalue weighted by Gasteiger charge is -2.46. The summed E-state index contributed by atoms with van der Waals surface area (Å²) in [5.41, 5.74) is 14.8. The van der Waals surface area contributed by atoms with Crippen molar-refractivity contribution < 1.29 is 79.2 Å². The van der Waals surface area contributed by atoms with Crippen LogP contribution in [0, 0.1) is 22.7 Å². The van der Waals surface area contributed by atoms with Crippen molar-refractivity contribution in [2.24, 2.45) is 34.1 Å². The van der Waals surface area contributed by atoms with Crippen molar-refractivity contribution in [2.45, 2.75) is 169 Å². The number of sulfone groups is 2. The summed E-state index contributed by atoms with van der Waals surface area (Å²) in [5.74, 6) is -4.11. The zero-order valence-electron chi connectivity index (χ0n) is 67.2. The Balaban J connectivity index is 0.000000167. The number of hydrogen-bond acceptors (Lipinski definition) is 27. The van der Waals surface area contributed by atoms with Crippen LogP contribution in [0.1, 0.15) is 207 Å². The smallest absolute Gasteiger partial charge is 0.271 e. The molecule has 35 nitrogen and oxygen atoms in total. The van der Waals surface area contributed by atoms with Gasteiger partial charge in [-0.05, 0) is 231 Å². The number of carbonyl (C=O) groups is 13. The Morgan fingerprint density at radius 2 is 0.917 bits per heavy atom. The molecule has 8 fully saturated rings. The molecular weight excluding hydrogens is 1600 g/mol. The molecule has 0 radical (unpaired) electrons. The first-order chi connectivity index (χ1) is 57.8. The van der Waals surface area contributed by atoms with Crippen molar-refractivity contribution >= 4 is 131 Å². The minimum atomic E-state index is -3.38. The fraction of sp³-hybridized carbons (Fsp3) is 0.464. The van der Waals surface area contributed by atoms with Crippen LogP contribution >= 0.6 is 0 Å². The molecule has 37 heteroatoms. The molecule has 121 heavy (non-hydrogen) atoms. The summed E-state index contributed by atoms with van der Waals surface area (Å²) in [6, 6.07) is 19.6. The lowest BCUT2D eigenvalue weighted by molar-refractivity contribution is -0.137. The molecule has 4 aromatic carbocycles. The van der Waals surface area contributed by atoms with E-state index in [0.29, 0.717) is 66.5 Å². The van der Waals surface area contributed by atoms with Gasteiger partial charge in [0.25, 0.3) is 35.4 Å². The Morgan fingerprint density at radius 1 is 0.504 bits per heavy atom. The van der Waals surface area contributed by atoms with Gasteiger partial charge >= 0.3 is 0 Å². The molecule has 6 saturated heterocycles. The number of primary amides is 2. The number of likely N-dealkylation sites (tertiary alicyclic amines) is 1. The lowest BCUT2D eigenvalue weighted by atomic mass is 9.65. The normalized spacial score (nSPS) is 22.4. The Labute approximate surface area is 698 Å². The number of nitrogens with one attached hydrogen (secondary N) is 7. The predicted octanol–water partition coefficient (Wildman–Crippen LogP) is 4.95. The van der Waals surface area contributed by atoms with Gasteiger partial charge < -0.3 is 47.9 Å². The number of nitrogens with two attached hydrogens (primary N) is 2. The summed E-state index contributed by atoms with van der Waals surface area (Å²) in [6.45, 7) is 7.14. The van der Waals surface area contributed by atoms with E-state index >= 15 is 0 Å². The molecule has 638 valence electrons. The average molecular weight is 1700 g/mol. The molecule has 2 aliphatic carbocycles. The van der Waals surface area contributed by atoms with Crippen LogP contribution < -0.4 is 58.5 Å². The highest BCUT2D eigenvalue weighted by Gasteiger charge is 2.48. The first-order valence-electron chi connectivity index (χ1n) is 41.0. The number of aromatic nitrogens is 4. The number of anilines is 6. The highest BCUT2D eigenvalue weighted by Crippen LogP contribution is 2.48. The van der Waals surface area contributed by atoms with Crippen LogP contribution in [0.25, 0.3) is 0 Å². The highest BCUT2D eigenvalue weighted by molar-refractivity contribution is 7.91. The van der Waals surface area contributed by atoms with E-state index in [9.17, 15) is 79.2 Å². The summed E-state index contributed by atoms with van der Waals surface area (Å²) >= 11 is 0. The van der Waals surface area contributed by atoms with E-state index in [0.717, 1.165) is 150 Å². The van der Waals surface area contributed by atoms with Crippen molar-refractivity contribution in [1.82, 2.24) is 61.2 Å². The van der Waals surface area contributed by atoms with Gasteiger partial charge in [0, 0.05) is 98.9 Å². The fourth-order valence-electron chi connectivity index (χ4n) is 18.3. The molecule has 6 aromatic rings. The number of carbonyl (C=O) groups excluding carboxylic acids is 13. The summed E-state index contributed by atoms with van der Waals surface area (Å²) in [6.07, 6.45) is 22.0. The average Bonchev–Trinajstić information content (AvgIpc) is 1.61. The van der Waals surface area contributed by atoms with Crippen LogP contribution in [-0.4, -0.2) is 218 Å². The van der Waals surface area contributed by atoms with Crippen LogP contribution in [0.5, 0.6) is 0 Å². The van der Waals surface area contributed by atoms with Crippen LogP contribution in [-0.2, 0) is 55.0 Å². The monoisotopic (exact) mass is 1690 g/mol. The van der Waals surface area contributed by atoms with Gasteiger partial charge in [-0.3, -0.25) is 87.7 Å². The van der Waals surface area contributed by atoms with Crippen molar-refractivity contribution in [3.8, 4) is 0 Å². The molecule has 0 bridgehead atoms. The number of aldehydes is 1. The number of hydrogen-bond donors (Lipinski definition) is 9. The number of piperidine rings is 6. The summed E-state index contributed by atoms with van der Waals surface area (Å²) < 4.78 is 47.3. The van der Waals surface area contributed by atoms with Crippen molar-refractivity contribution in [3.05, 3.63) is 142 Å². The molecular formula is C84H98N18O17S2. The topological polar surface area (TPSA) is 494 Å². The molecule has 2 aromatic heterocycles. The Hall–Kier alpha value is -11.8. The lowest BCUT2D eigenvalue weighted by Crippen LogP contribution is -2.54. The number of nitrogens with zero attached hydrogens (tertiary/aromatic N) is 9. The van der Waals surface area contributed by atoms with Crippen molar-refractivity contribution in [3.63, 3.8) is 0 Å². The summed E-state index contributed by atoms with van der Waals surface area (Å²) in [7, 11) is -6.71. The van der Waals surface area contributed by atoms with Gasteiger partial charge in [-0.15, -0.1) is 0 Å². The second-order valence-corrected chi connectivity index (χ2v) is 37.3. The molecule has 4 atom stereocenters. The summed E-state index contributed by atoms with van der Waals surface area (Å²) in [5, 5.41) is 20.5. The third-order valence-electron chi connectivity index (χ3n) is 25.2. The molecule has 10 heterocycles. The maximum atomic E-state index is 13.6. The molecule has 2 spiro atoms. The minimum Gasteiger partial charge on any atom is -0.364 e. The van der Waals surface area contributed by atoms with E-state index in [1.165, 1.54) is 67.7 Å². The fourth-order valence-corrected chi connectivity index (χ4v) is 19.5. The van der Waals surface area contributed by atoms with Crippen molar-refractivity contribution in [1.29, 1.82) is 0 Å². The maximum Gasteiger partial charge on any atom is 0.271 e. The van der Waals surface area contributed by atoms with Gasteiger partial charge in [0.1, 0.15) is 30.0 Å². The third kappa shape index (κ3) is 19.5. The number of fused-ring (bicyclic) bond motifs is 2. The van der Waals surface area contributed by atoms with Gasteiger partial charge in [-0.1, -0.05) is 12.1 Å². The molecule has 4 unspecified atom stereocenters. The van der Waals surface area contributed by atoms with Crippen molar-refractivity contribution in [2.75, 3.05) is 85.3 Å². The molecule has 10 aliphatic rings. The first kappa shape index (κ1) is 85.6. The number of benzene rings is 4. The minimum absolute atomic E-state index is 0.00794. The zero-order chi connectivity index (χ0) is 85.8. The van der Waals surface area contributed by atoms with Crippen LogP contribution in [0.2, 0.25) is 0 Å². The Bertz CT molecular complexity index is 5370. The van der Waals surface area contributed by atoms with E-state index in [-0.39, 0.29) is 122 Å². The van der Waals surface area contributed by atoms with Gasteiger partial charge in [-0.25, -0.2) is 36.8 Å². The maximum absolute atomic E-state index is 13.6. The van der Waals surface area contributed by atoms with Crippen LogP contribution in [0.15, 0.2) is 107 Å². The number of amides is 12. The molecule has 11 N–H and O–H groups in total. The molecule has 12 amide bonds. The van der Waals surface area contributed by atoms with Crippen LogP contribution in [0.4, 0.5) is 34.6 Å². The number of imide groups is 4. The van der Waals surface area contributed by atoms with Crippen LogP contribution in [0.3, 0.4) is 0 Å². The molecule has 8 aliphatic heterocycles. The zero-order valence-corrected chi connectivity index (χ0v) is 68.9. The van der Waals surface area contributed by atoms with Gasteiger partial charge in [0.05, 0.1) is 44.4 Å². The van der Waals surface area contributed by atoms with E-state index in [1.807, 2.05) is 11.0 Å². The quantitative estimate of drug-likeness (QED) is 0.0382. The standard InChI is InChI=1S/C42H49N9O8S.C28H39N7O4S.C14H10N2O5/c1-60(58,59)29-7-5-27(6-8-29)45-37-35(36(43)53)44-22-33(47-37)50-18-2-3-28(24-50)46-38(54)26-12-14-42(15-13-26)16-19-49(20-17-42)23-25-4-9-30-31(21-25)41(57)51(40(30)56)32-10-11-34(52)48-39(32)55;1-40(38,39)22-6-4-20(5-7-22)32-26-24(25(29)36)31-17-23(34-26)35-16-2-3-21(18-35)33-27(37)19-8-10-28(11-9-19)12-14-30-15-13-28;17-6-7-1-2-8-9(5-7)14(21)16(13(8)20)10-3-4-11(18)15-12(10)19/h4-9,21-22,26,28,32H,2-3,10-20,23-24H2,1H3,(H2,43,53)(H,45,47)(H,46,54)(H,48,52,55);4-7,17,19,21,30H,2-3,8-16,18H2,1H3,(H2,29,36)(H,32,34)(H,33,37);1-2,5-6,10H,3-4H2,(H,15,18,19). The van der Waals surface area contributed by atoms with Gasteiger partial charge in [0.15, 0.2) is 42.7 Å². The molecule has 2 saturated carbocycles. The van der Waals surface area contributed by atoms with Gasteiger partial charge in [0.2, 0.25) is 35.4 Å². The van der Waals surface area contributed by atoms with E-state index in [1.54, 1.807) is 36.4 Å². The Morgan fingerprint density at radius 3 is 1.33 bits per heavy atom. The Kier molecular flexibility index (Phi) is 25.4. The van der Waals surface area contributed by atoms with E-state index < -0.39 is 90.8 Å². The van der Waals surface area contributed by atoms with Gasteiger partial charge in [-0.2, -0.15) is 0 Å². The number of rotatable bonds is 19. The van der Waals surface area contributed by atoms with E-state index in [4.69, 9.17) is 11.5 Å². The largest absolute Gasteiger partial charge is 0.364 e. The third-order valence-corrected chi connectivity index (χ3v) is 27.4. The highest BCUT2D eigenvalue weighted by atomic mass is 32.2. The summed E-state index contributed by atoms with van der Waals surface area (Å²) in [4.78, 5) is 186. The SMILES string of the molecule is CS(=O)(=O)c1ccc(Nc2nc(N3CCCC(NC(=O)C4CCC5(CC4)CCN(Cc4ccc6c(c4)C(=O)N(C4CCC(=O)NC4=O)C6=O)CC5)C3)cnc2C(N)=O)cc1.CS(=O)(=O)c1ccc(Nc2nc(N3CCCC(NC(=O)C4CCC5(CCNCC5)CC4)C3)cnc2C(N)=O)cc1.O=Cc1ccc2c(c1)C(=O)N(C1CCC(=O)NC1=O)C2=O. The molecule has 16 rings (SSSR count).